The Morgan fingerprint density at radius 2 is 1.86 bits per heavy atom. The van der Waals surface area contributed by atoms with E-state index in [1.54, 1.807) is 54.9 Å². The summed E-state index contributed by atoms with van der Waals surface area (Å²) in [6.45, 7) is 0. The number of aromatic nitrogens is 2. The van der Waals surface area contributed by atoms with Crippen LogP contribution in [0.5, 0.6) is 0 Å². The van der Waals surface area contributed by atoms with Gasteiger partial charge in [0.05, 0.1) is 22.7 Å². The molecule has 1 amide bonds. The zero-order valence-electron chi connectivity index (χ0n) is 10.9. The van der Waals surface area contributed by atoms with Crippen molar-refractivity contribution < 1.29 is 4.79 Å². The Kier molecular flexibility index (Phi) is 3.27. The Morgan fingerprint density at radius 3 is 2.67 bits per heavy atom. The molecule has 3 aromatic rings. The van der Waals surface area contributed by atoms with E-state index in [9.17, 15) is 4.79 Å². The van der Waals surface area contributed by atoms with Crippen molar-refractivity contribution in [2.75, 3.05) is 5.32 Å². The molecule has 2 aromatic carbocycles. The Balaban J connectivity index is 1.87. The summed E-state index contributed by atoms with van der Waals surface area (Å²) >= 11 is 0. The molecule has 0 saturated carbocycles. The summed E-state index contributed by atoms with van der Waals surface area (Å²) in [6, 6.07) is 13.9. The van der Waals surface area contributed by atoms with Crippen LogP contribution in [0.3, 0.4) is 0 Å². The Bertz CT molecular complexity index is 867. The smallest absolute Gasteiger partial charge is 0.255 e. The lowest BCUT2D eigenvalue weighted by atomic mass is 10.1. The van der Waals surface area contributed by atoms with Crippen LogP contribution in [0.2, 0.25) is 0 Å². The highest BCUT2D eigenvalue weighted by Crippen LogP contribution is 2.16. The Morgan fingerprint density at radius 1 is 1.05 bits per heavy atom. The van der Waals surface area contributed by atoms with E-state index in [1.165, 1.54) is 0 Å². The quantitative estimate of drug-likeness (QED) is 0.779. The Hall–Kier alpha value is -3.26. The fourth-order valence-corrected chi connectivity index (χ4v) is 1.97. The molecule has 0 radical (unpaired) electrons. The molecule has 100 valence electrons. The topological polar surface area (TPSA) is 78.7 Å². The first-order valence-corrected chi connectivity index (χ1v) is 6.28. The normalized spacial score (nSPS) is 10.0. The highest BCUT2D eigenvalue weighted by atomic mass is 16.1. The van der Waals surface area contributed by atoms with Gasteiger partial charge in [-0.15, -0.1) is 0 Å². The number of benzene rings is 2. The van der Waals surface area contributed by atoms with Crippen molar-refractivity contribution in [2.24, 2.45) is 0 Å². The highest BCUT2D eigenvalue weighted by molar-refractivity contribution is 6.05. The third kappa shape index (κ3) is 2.69. The molecule has 0 aliphatic heterocycles. The van der Waals surface area contributed by atoms with Gasteiger partial charge < -0.3 is 5.32 Å². The predicted octanol–water partition coefficient (Wildman–Crippen LogP) is 2.75. The van der Waals surface area contributed by atoms with Gasteiger partial charge in [0.15, 0.2) is 0 Å². The van der Waals surface area contributed by atoms with Crippen molar-refractivity contribution in [3.05, 3.63) is 66.0 Å². The summed E-state index contributed by atoms with van der Waals surface area (Å²) in [5.41, 5.74) is 3.00. The van der Waals surface area contributed by atoms with Crippen molar-refractivity contribution in [3.8, 4) is 6.07 Å². The van der Waals surface area contributed by atoms with Gasteiger partial charge in [-0.25, -0.2) is 0 Å². The minimum Gasteiger partial charge on any atom is -0.322 e. The minimum absolute atomic E-state index is 0.268. The first-order valence-electron chi connectivity index (χ1n) is 6.28. The van der Waals surface area contributed by atoms with Crippen molar-refractivity contribution in [1.29, 1.82) is 5.26 Å². The van der Waals surface area contributed by atoms with Crippen molar-refractivity contribution in [2.45, 2.75) is 0 Å². The third-order valence-corrected chi connectivity index (χ3v) is 2.98. The minimum atomic E-state index is -0.268. The summed E-state index contributed by atoms with van der Waals surface area (Å²) in [7, 11) is 0. The zero-order chi connectivity index (χ0) is 14.7. The number of amides is 1. The second-order valence-electron chi connectivity index (χ2n) is 4.41. The molecular formula is C16H10N4O. The standard InChI is InChI=1S/C16H10N4O/c17-10-11-2-1-3-12(8-11)16(21)20-13-4-5-14-15(9-13)19-7-6-18-14/h1-9H,(H,20,21). The molecule has 0 fully saturated rings. The van der Waals surface area contributed by atoms with Gasteiger partial charge in [-0.05, 0) is 36.4 Å². The molecule has 0 aliphatic rings. The summed E-state index contributed by atoms with van der Waals surface area (Å²) in [4.78, 5) is 20.5. The van der Waals surface area contributed by atoms with Crippen molar-refractivity contribution in [1.82, 2.24) is 9.97 Å². The van der Waals surface area contributed by atoms with E-state index in [1.807, 2.05) is 6.07 Å². The molecule has 1 N–H and O–H groups in total. The average molecular weight is 274 g/mol. The molecule has 0 unspecified atom stereocenters. The second kappa shape index (κ2) is 5.39. The lowest BCUT2D eigenvalue weighted by Crippen LogP contribution is -2.12. The summed E-state index contributed by atoms with van der Waals surface area (Å²) in [5.74, 6) is -0.268. The van der Waals surface area contributed by atoms with Crippen molar-refractivity contribution >= 4 is 22.6 Å². The number of nitrogens with one attached hydrogen (secondary N) is 1. The fourth-order valence-electron chi connectivity index (χ4n) is 1.97. The molecule has 0 atom stereocenters. The summed E-state index contributed by atoms with van der Waals surface area (Å²) in [6.07, 6.45) is 3.22. The number of hydrogen-bond acceptors (Lipinski definition) is 4. The first-order chi connectivity index (χ1) is 10.3. The van der Waals surface area contributed by atoms with Gasteiger partial charge in [0.2, 0.25) is 0 Å². The van der Waals surface area contributed by atoms with E-state index < -0.39 is 0 Å². The van der Waals surface area contributed by atoms with Crippen LogP contribution < -0.4 is 5.32 Å². The number of hydrogen-bond donors (Lipinski definition) is 1. The molecule has 1 heterocycles. The zero-order valence-corrected chi connectivity index (χ0v) is 10.9. The van der Waals surface area contributed by atoms with Gasteiger partial charge in [-0.2, -0.15) is 5.26 Å². The number of carbonyl (C=O) groups excluding carboxylic acids is 1. The molecule has 5 nitrogen and oxygen atoms in total. The van der Waals surface area contributed by atoms with Crippen LogP contribution in [0.1, 0.15) is 15.9 Å². The fraction of sp³-hybridized carbons (Fsp3) is 0. The van der Waals surface area contributed by atoms with Gasteiger partial charge in [0.1, 0.15) is 0 Å². The molecule has 3 rings (SSSR count). The average Bonchev–Trinajstić information content (AvgIpc) is 2.54. The maximum Gasteiger partial charge on any atom is 0.255 e. The number of nitrogens with zero attached hydrogens (tertiary/aromatic N) is 3. The van der Waals surface area contributed by atoms with Gasteiger partial charge in [-0.3, -0.25) is 14.8 Å². The molecule has 1 aromatic heterocycles. The number of fused-ring (bicyclic) bond motifs is 1. The van der Waals surface area contributed by atoms with Crippen LogP contribution in [0.15, 0.2) is 54.9 Å². The number of nitriles is 1. The maximum absolute atomic E-state index is 12.2. The molecular weight excluding hydrogens is 264 g/mol. The van der Waals surface area contributed by atoms with E-state index in [0.29, 0.717) is 22.3 Å². The van der Waals surface area contributed by atoms with E-state index in [2.05, 4.69) is 15.3 Å². The number of carbonyl (C=O) groups is 1. The number of rotatable bonds is 2. The maximum atomic E-state index is 12.2. The third-order valence-electron chi connectivity index (χ3n) is 2.98. The van der Waals surface area contributed by atoms with Gasteiger partial charge >= 0.3 is 0 Å². The van der Waals surface area contributed by atoms with E-state index in [0.717, 1.165) is 5.52 Å². The molecule has 0 bridgehead atoms. The first kappa shape index (κ1) is 12.8. The predicted molar refractivity (Wildman–Crippen MR) is 78.6 cm³/mol. The van der Waals surface area contributed by atoms with E-state index >= 15 is 0 Å². The lowest BCUT2D eigenvalue weighted by Gasteiger charge is -2.06. The Labute approximate surface area is 120 Å². The lowest BCUT2D eigenvalue weighted by molar-refractivity contribution is 0.102. The van der Waals surface area contributed by atoms with Crippen LogP contribution in [0, 0.1) is 11.3 Å². The van der Waals surface area contributed by atoms with Crippen LogP contribution in [0.4, 0.5) is 5.69 Å². The summed E-state index contributed by atoms with van der Waals surface area (Å²) in [5, 5.41) is 11.6. The van der Waals surface area contributed by atoms with Crippen LogP contribution in [-0.4, -0.2) is 15.9 Å². The number of anilines is 1. The van der Waals surface area contributed by atoms with E-state index in [-0.39, 0.29) is 5.91 Å². The van der Waals surface area contributed by atoms with Crippen LogP contribution in [-0.2, 0) is 0 Å². The van der Waals surface area contributed by atoms with Crippen LogP contribution in [0.25, 0.3) is 11.0 Å². The van der Waals surface area contributed by atoms with Gasteiger partial charge in [0, 0.05) is 23.6 Å². The second-order valence-corrected chi connectivity index (χ2v) is 4.41. The molecule has 0 spiro atoms. The molecule has 5 heteroatoms. The molecule has 0 saturated heterocycles. The van der Waals surface area contributed by atoms with Gasteiger partial charge in [-0.1, -0.05) is 6.07 Å². The highest BCUT2D eigenvalue weighted by Gasteiger charge is 2.07. The largest absolute Gasteiger partial charge is 0.322 e. The SMILES string of the molecule is N#Cc1cccc(C(=O)Nc2ccc3nccnc3c2)c1. The van der Waals surface area contributed by atoms with Crippen molar-refractivity contribution in [3.63, 3.8) is 0 Å². The van der Waals surface area contributed by atoms with Gasteiger partial charge in [0.25, 0.3) is 5.91 Å². The molecule has 21 heavy (non-hydrogen) atoms. The monoisotopic (exact) mass is 274 g/mol. The summed E-state index contributed by atoms with van der Waals surface area (Å²) < 4.78 is 0. The van der Waals surface area contributed by atoms with E-state index in [4.69, 9.17) is 5.26 Å². The molecule has 0 aliphatic carbocycles. The van der Waals surface area contributed by atoms with Crippen LogP contribution >= 0.6 is 0 Å².